The van der Waals surface area contributed by atoms with Gasteiger partial charge in [-0.2, -0.15) is 5.10 Å². The fourth-order valence-corrected chi connectivity index (χ4v) is 2.33. The summed E-state index contributed by atoms with van der Waals surface area (Å²) in [6.07, 6.45) is 0.908. The third kappa shape index (κ3) is 7.07. The molecule has 1 aromatic rings. The zero-order valence-corrected chi connectivity index (χ0v) is 17.5. The zero-order valence-electron chi connectivity index (χ0n) is 15.2. The Morgan fingerprint density at radius 3 is 2.48 bits per heavy atom. The van der Waals surface area contributed by atoms with Crippen LogP contribution in [0.4, 0.5) is 0 Å². The van der Waals surface area contributed by atoms with E-state index in [0.29, 0.717) is 6.54 Å². The van der Waals surface area contributed by atoms with E-state index in [2.05, 4.69) is 41.5 Å². The van der Waals surface area contributed by atoms with Crippen molar-refractivity contribution in [3.63, 3.8) is 0 Å². The summed E-state index contributed by atoms with van der Waals surface area (Å²) >= 11 is 0. The van der Waals surface area contributed by atoms with Crippen LogP contribution in [0.25, 0.3) is 0 Å². The van der Waals surface area contributed by atoms with E-state index < -0.39 is 0 Å². The number of aliphatic imine (C=N–C) groups is 1. The van der Waals surface area contributed by atoms with Gasteiger partial charge in [-0.1, -0.05) is 6.92 Å². The molecule has 0 aliphatic carbocycles. The van der Waals surface area contributed by atoms with Crippen molar-refractivity contribution in [1.29, 1.82) is 0 Å². The van der Waals surface area contributed by atoms with Crippen molar-refractivity contribution in [3.8, 4) is 0 Å². The van der Waals surface area contributed by atoms with Crippen molar-refractivity contribution in [2.75, 3.05) is 19.7 Å². The molecule has 0 saturated heterocycles. The van der Waals surface area contributed by atoms with Crippen molar-refractivity contribution in [2.45, 2.75) is 47.1 Å². The fraction of sp³-hybridized carbons (Fsp3) is 0.750. The number of rotatable bonds is 7. The summed E-state index contributed by atoms with van der Waals surface area (Å²) in [5.41, 5.74) is 3.59. The minimum atomic E-state index is 0. The smallest absolute Gasteiger partial charge is 0.191 e. The van der Waals surface area contributed by atoms with Crippen LogP contribution in [0.1, 0.15) is 37.7 Å². The molecular formula is C16H32IN5O. The van der Waals surface area contributed by atoms with Gasteiger partial charge in [0.05, 0.1) is 5.69 Å². The van der Waals surface area contributed by atoms with E-state index in [1.807, 2.05) is 25.6 Å². The van der Waals surface area contributed by atoms with Crippen molar-refractivity contribution in [3.05, 3.63) is 17.0 Å². The average Bonchev–Trinajstić information content (AvgIpc) is 2.71. The predicted octanol–water partition coefficient (Wildman–Crippen LogP) is 1.77. The first-order valence-corrected chi connectivity index (χ1v) is 8.03. The Labute approximate surface area is 157 Å². The average molecular weight is 437 g/mol. The molecule has 0 bridgehead atoms. The van der Waals surface area contributed by atoms with Crippen molar-refractivity contribution < 1.29 is 5.11 Å². The van der Waals surface area contributed by atoms with Crippen LogP contribution in [0.15, 0.2) is 4.99 Å². The number of aryl methyl sites for hydroxylation is 2. The van der Waals surface area contributed by atoms with Gasteiger partial charge in [-0.3, -0.25) is 9.67 Å². The Morgan fingerprint density at radius 1 is 1.35 bits per heavy atom. The molecule has 0 amide bonds. The van der Waals surface area contributed by atoms with Crippen molar-refractivity contribution >= 4 is 29.9 Å². The SMILES string of the molecule is CCNC(=NCC(C)CO)NC(C)Cc1c(C)nn(C)c1C.I. The molecule has 7 heteroatoms. The van der Waals surface area contributed by atoms with Crippen LogP contribution in [0.5, 0.6) is 0 Å². The summed E-state index contributed by atoms with van der Waals surface area (Å²) < 4.78 is 1.93. The molecule has 0 saturated carbocycles. The molecule has 0 radical (unpaired) electrons. The number of hydrogen-bond acceptors (Lipinski definition) is 3. The number of aliphatic hydroxyl groups excluding tert-OH is 1. The van der Waals surface area contributed by atoms with E-state index >= 15 is 0 Å². The number of aliphatic hydroxyl groups is 1. The summed E-state index contributed by atoms with van der Waals surface area (Å²) in [6, 6.07) is 0.254. The third-order valence-electron chi connectivity index (χ3n) is 3.77. The molecule has 134 valence electrons. The molecule has 23 heavy (non-hydrogen) atoms. The lowest BCUT2D eigenvalue weighted by Gasteiger charge is -2.18. The Morgan fingerprint density at radius 2 is 2.00 bits per heavy atom. The summed E-state index contributed by atoms with van der Waals surface area (Å²) in [6.45, 7) is 11.9. The lowest BCUT2D eigenvalue weighted by Crippen LogP contribution is -2.43. The second kappa shape index (κ2) is 10.9. The molecule has 1 heterocycles. The molecule has 2 atom stereocenters. The Bertz CT molecular complexity index is 501. The highest BCUT2D eigenvalue weighted by Crippen LogP contribution is 2.14. The van der Waals surface area contributed by atoms with Crippen LogP contribution in [-0.2, 0) is 13.5 Å². The Hall–Kier alpha value is -0.830. The van der Waals surface area contributed by atoms with Crippen LogP contribution in [0.3, 0.4) is 0 Å². The van der Waals surface area contributed by atoms with Gasteiger partial charge in [0.1, 0.15) is 0 Å². The van der Waals surface area contributed by atoms with E-state index in [-0.39, 0.29) is 42.5 Å². The van der Waals surface area contributed by atoms with E-state index in [1.54, 1.807) is 0 Å². The van der Waals surface area contributed by atoms with Gasteiger partial charge < -0.3 is 15.7 Å². The summed E-state index contributed by atoms with van der Waals surface area (Å²) in [5.74, 6) is 0.975. The first-order chi connectivity index (χ1) is 10.4. The maximum atomic E-state index is 9.10. The highest BCUT2D eigenvalue weighted by atomic mass is 127. The van der Waals surface area contributed by atoms with Crippen LogP contribution < -0.4 is 10.6 Å². The lowest BCUT2D eigenvalue weighted by molar-refractivity contribution is 0.241. The van der Waals surface area contributed by atoms with E-state index in [4.69, 9.17) is 5.11 Å². The Balaban J connectivity index is 0.00000484. The third-order valence-corrected chi connectivity index (χ3v) is 3.77. The largest absolute Gasteiger partial charge is 0.396 e. The van der Waals surface area contributed by atoms with Gasteiger partial charge in [-0.15, -0.1) is 24.0 Å². The Kier molecular flexibility index (Phi) is 10.5. The molecule has 0 aliphatic heterocycles. The quantitative estimate of drug-likeness (QED) is 0.346. The zero-order chi connectivity index (χ0) is 16.7. The molecule has 0 aromatic carbocycles. The minimum absolute atomic E-state index is 0. The number of nitrogens with zero attached hydrogens (tertiary/aromatic N) is 3. The number of guanidine groups is 1. The molecule has 1 rings (SSSR count). The van der Waals surface area contributed by atoms with Crippen LogP contribution in [-0.4, -0.2) is 46.6 Å². The molecular weight excluding hydrogens is 405 g/mol. The van der Waals surface area contributed by atoms with E-state index in [1.165, 1.54) is 11.3 Å². The van der Waals surface area contributed by atoms with Gasteiger partial charge in [0.15, 0.2) is 5.96 Å². The monoisotopic (exact) mass is 437 g/mol. The topological polar surface area (TPSA) is 74.5 Å². The van der Waals surface area contributed by atoms with Crippen LogP contribution >= 0.6 is 24.0 Å². The molecule has 1 aromatic heterocycles. The molecule has 2 unspecified atom stereocenters. The molecule has 3 N–H and O–H groups in total. The summed E-state index contributed by atoms with van der Waals surface area (Å²) in [7, 11) is 1.98. The number of aromatic nitrogens is 2. The number of hydrogen-bond donors (Lipinski definition) is 3. The highest BCUT2D eigenvalue weighted by Gasteiger charge is 2.14. The number of halogens is 1. The second-order valence-corrected chi connectivity index (χ2v) is 6.03. The normalized spacial score (nSPS) is 14.1. The van der Waals surface area contributed by atoms with Crippen LogP contribution in [0, 0.1) is 19.8 Å². The van der Waals surface area contributed by atoms with Gasteiger partial charge >= 0.3 is 0 Å². The van der Waals surface area contributed by atoms with Crippen molar-refractivity contribution in [1.82, 2.24) is 20.4 Å². The predicted molar refractivity (Wildman–Crippen MR) is 107 cm³/mol. The minimum Gasteiger partial charge on any atom is -0.396 e. The maximum absolute atomic E-state index is 9.10. The van der Waals surface area contributed by atoms with Gasteiger partial charge in [-0.25, -0.2) is 0 Å². The summed E-state index contributed by atoms with van der Waals surface area (Å²) in [4.78, 5) is 4.53. The first kappa shape index (κ1) is 22.2. The van der Waals surface area contributed by atoms with E-state index in [0.717, 1.165) is 24.6 Å². The summed E-state index contributed by atoms with van der Waals surface area (Å²) in [5, 5.41) is 20.2. The van der Waals surface area contributed by atoms with Crippen molar-refractivity contribution in [2.24, 2.45) is 18.0 Å². The second-order valence-electron chi connectivity index (χ2n) is 6.03. The standard InChI is InChI=1S/C16H31N5O.HI/c1-7-17-16(18-9-11(2)10-22)19-12(3)8-15-13(4)20-21(6)14(15)5;/h11-12,22H,7-10H2,1-6H3,(H2,17,18,19);1H. The van der Waals surface area contributed by atoms with Gasteiger partial charge in [0.25, 0.3) is 0 Å². The molecule has 0 aliphatic rings. The molecule has 6 nitrogen and oxygen atoms in total. The van der Waals surface area contributed by atoms with Gasteiger partial charge in [-0.05, 0) is 45.6 Å². The maximum Gasteiger partial charge on any atom is 0.191 e. The highest BCUT2D eigenvalue weighted by molar-refractivity contribution is 14.0. The molecule has 0 fully saturated rings. The van der Waals surface area contributed by atoms with Gasteiger partial charge in [0, 0.05) is 38.5 Å². The fourth-order valence-electron chi connectivity index (χ4n) is 2.33. The van der Waals surface area contributed by atoms with E-state index in [9.17, 15) is 0 Å². The lowest BCUT2D eigenvalue weighted by atomic mass is 10.1. The first-order valence-electron chi connectivity index (χ1n) is 8.03. The molecule has 0 spiro atoms. The van der Waals surface area contributed by atoms with Crippen LogP contribution in [0.2, 0.25) is 0 Å². The number of nitrogens with one attached hydrogen (secondary N) is 2. The van der Waals surface area contributed by atoms with Gasteiger partial charge in [0.2, 0.25) is 0 Å².